The first-order chi connectivity index (χ1) is 21.8. The average molecular weight is 685 g/mol. The maximum Gasteiger partial charge on any atom is 0.417 e. The second kappa shape index (κ2) is 15.0. The minimum atomic E-state index is -4.49. The molecule has 0 spiro atoms. The molecule has 4 heterocycles. The van der Waals surface area contributed by atoms with Crippen molar-refractivity contribution in [2.24, 2.45) is 5.92 Å². The highest BCUT2D eigenvalue weighted by molar-refractivity contribution is 7.99. The van der Waals surface area contributed by atoms with E-state index >= 15 is 0 Å². The van der Waals surface area contributed by atoms with Crippen LogP contribution in [0.2, 0.25) is 0 Å². The number of hydrogen-bond acceptors (Lipinski definition) is 7. The van der Waals surface area contributed by atoms with Crippen molar-refractivity contribution in [2.45, 2.75) is 82.6 Å². The van der Waals surface area contributed by atoms with Crippen molar-refractivity contribution >= 4 is 27.7 Å². The number of hydrogen-bond donors (Lipinski definition) is 1. The number of carbonyl (C=O) groups is 1. The summed E-state index contributed by atoms with van der Waals surface area (Å²) >= 11 is 1.17. The smallest absolute Gasteiger partial charge is 0.340 e. The minimum absolute atomic E-state index is 0.148. The zero-order valence-corrected chi connectivity index (χ0v) is 28.7. The third-order valence-electron chi connectivity index (χ3n) is 9.17. The molecule has 0 radical (unpaired) electrons. The van der Waals surface area contributed by atoms with Gasteiger partial charge < -0.3 is 15.1 Å². The first-order valence-electron chi connectivity index (χ1n) is 16.4. The number of halogens is 3. The molecular formula is C32H47F3N6O3S2. The number of rotatable bonds is 13. The van der Waals surface area contributed by atoms with Gasteiger partial charge in [-0.3, -0.25) is 9.48 Å². The molecule has 3 aliphatic rings. The number of likely N-dealkylation sites (tertiary alicyclic amines) is 2. The van der Waals surface area contributed by atoms with Crippen molar-refractivity contribution < 1.29 is 26.4 Å². The van der Waals surface area contributed by atoms with Crippen LogP contribution in [0.15, 0.2) is 23.1 Å². The summed E-state index contributed by atoms with van der Waals surface area (Å²) < 4.78 is 70.3. The fourth-order valence-corrected chi connectivity index (χ4v) is 8.57. The number of benzene rings is 1. The van der Waals surface area contributed by atoms with Gasteiger partial charge in [-0.2, -0.15) is 22.6 Å². The van der Waals surface area contributed by atoms with Crippen LogP contribution in [0, 0.1) is 5.92 Å². The Morgan fingerprint density at radius 3 is 2.50 bits per heavy atom. The molecule has 256 valence electrons. The van der Waals surface area contributed by atoms with E-state index < -0.39 is 21.8 Å². The number of nitrogens with zero attached hydrogens (tertiary/aromatic N) is 5. The normalized spacial score (nSPS) is 19.0. The Morgan fingerprint density at radius 2 is 1.85 bits per heavy atom. The number of thioether (sulfide) groups is 1. The Hall–Kier alpha value is -2.13. The summed E-state index contributed by atoms with van der Waals surface area (Å²) in [6.45, 7) is 10.3. The van der Waals surface area contributed by atoms with Gasteiger partial charge >= 0.3 is 6.18 Å². The molecular weight excluding hydrogens is 638 g/mol. The molecule has 0 atom stereocenters. The number of nitrogens with one attached hydrogen (secondary N) is 1. The molecule has 0 unspecified atom stereocenters. The second-order valence-electron chi connectivity index (χ2n) is 13.1. The van der Waals surface area contributed by atoms with Gasteiger partial charge in [-0.15, -0.1) is 11.8 Å². The van der Waals surface area contributed by atoms with Gasteiger partial charge in [-0.05, 0) is 56.8 Å². The summed E-state index contributed by atoms with van der Waals surface area (Å²) in [4.78, 5) is 16.8. The van der Waals surface area contributed by atoms with E-state index in [2.05, 4.69) is 29.0 Å². The first-order valence-corrected chi connectivity index (χ1v) is 19.2. The number of piperidine rings is 1. The highest BCUT2D eigenvalue weighted by Gasteiger charge is 2.35. The fourth-order valence-electron chi connectivity index (χ4n) is 6.77. The SMILES string of the molecule is CC(C)CNCCSc1cc(-c2nn(CCCN3CCC(N4CCCC4=O)CC3)c3c2CN(S(C)(=O)=O)CC3)ccc1C(F)(F)F. The van der Waals surface area contributed by atoms with Gasteiger partial charge in [0.25, 0.3) is 0 Å². The third kappa shape index (κ3) is 8.66. The molecule has 1 N–H and O–H groups in total. The van der Waals surface area contributed by atoms with Gasteiger partial charge in [-0.1, -0.05) is 19.9 Å². The van der Waals surface area contributed by atoms with Crippen molar-refractivity contribution in [1.29, 1.82) is 0 Å². The lowest BCUT2D eigenvalue weighted by atomic mass is 10.0. The molecule has 46 heavy (non-hydrogen) atoms. The summed E-state index contributed by atoms with van der Waals surface area (Å²) in [5.74, 6) is 1.22. The summed E-state index contributed by atoms with van der Waals surface area (Å²) in [6, 6.07) is 4.50. The number of sulfonamides is 1. The lowest BCUT2D eigenvalue weighted by Crippen LogP contribution is -2.45. The Bertz CT molecular complexity index is 1470. The molecule has 1 aromatic carbocycles. The average Bonchev–Trinajstić information content (AvgIpc) is 3.59. The Kier molecular flexibility index (Phi) is 11.4. The summed E-state index contributed by atoms with van der Waals surface area (Å²) in [6.07, 6.45) is 1.62. The predicted molar refractivity (Wildman–Crippen MR) is 175 cm³/mol. The van der Waals surface area contributed by atoms with Crippen molar-refractivity contribution in [1.82, 2.24) is 29.2 Å². The lowest BCUT2D eigenvalue weighted by Gasteiger charge is -2.36. The van der Waals surface area contributed by atoms with Crippen LogP contribution < -0.4 is 5.32 Å². The third-order valence-corrected chi connectivity index (χ3v) is 11.5. The largest absolute Gasteiger partial charge is 0.417 e. The van der Waals surface area contributed by atoms with Gasteiger partial charge in [0.1, 0.15) is 0 Å². The van der Waals surface area contributed by atoms with Crippen molar-refractivity contribution in [3.05, 3.63) is 35.0 Å². The zero-order valence-electron chi connectivity index (χ0n) is 27.1. The Morgan fingerprint density at radius 1 is 1.09 bits per heavy atom. The molecule has 3 aliphatic heterocycles. The number of aryl methyl sites for hydroxylation is 1. The van der Waals surface area contributed by atoms with Gasteiger partial charge in [0.05, 0.1) is 17.5 Å². The Balaban J connectivity index is 1.32. The van der Waals surface area contributed by atoms with Gasteiger partial charge in [0, 0.05) is 92.2 Å². The van der Waals surface area contributed by atoms with Crippen molar-refractivity contribution in [3.8, 4) is 11.3 Å². The number of amides is 1. The first kappa shape index (κ1) is 35.2. The predicted octanol–water partition coefficient (Wildman–Crippen LogP) is 4.70. The highest BCUT2D eigenvalue weighted by atomic mass is 32.2. The van der Waals surface area contributed by atoms with Gasteiger partial charge in [0.15, 0.2) is 0 Å². The Labute approximate surface area is 275 Å². The summed E-state index contributed by atoms with van der Waals surface area (Å²) in [5, 5.41) is 8.21. The lowest BCUT2D eigenvalue weighted by molar-refractivity contribution is -0.139. The second-order valence-corrected chi connectivity index (χ2v) is 16.2. The maximum atomic E-state index is 14.0. The van der Waals surface area contributed by atoms with Crippen LogP contribution in [0.25, 0.3) is 11.3 Å². The molecule has 0 aliphatic carbocycles. The van der Waals surface area contributed by atoms with E-state index in [1.54, 1.807) is 6.07 Å². The van der Waals surface area contributed by atoms with E-state index in [1.807, 2.05) is 4.68 Å². The van der Waals surface area contributed by atoms with Crippen LogP contribution in [-0.2, 0) is 40.5 Å². The van der Waals surface area contributed by atoms with Crippen molar-refractivity contribution in [3.63, 3.8) is 0 Å². The van der Waals surface area contributed by atoms with E-state index in [1.165, 1.54) is 28.4 Å². The van der Waals surface area contributed by atoms with E-state index in [4.69, 9.17) is 5.10 Å². The van der Waals surface area contributed by atoms with Crippen LogP contribution in [0.5, 0.6) is 0 Å². The van der Waals surface area contributed by atoms with E-state index in [0.29, 0.717) is 61.4 Å². The molecule has 2 aromatic rings. The number of fused-ring (bicyclic) bond motifs is 1. The highest BCUT2D eigenvalue weighted by Crippen LogP contribution is 2.40. The topological polar surface area (TPSA) is 90.8 Å². The standard InChI is InChI=1S/C32H47F3N6O3S2/c1-23(2)21-36-12-19-45-29-20-24(7-8-27(29)32(33,34)35)31-26-22-39(46(3,43)44)18-11-28(26)41(37-31)15-5-13-38-16-9-25(10-17-38)40-14-4-6-30(40)42/h7-8,20,23,25,36H,4-6,9-19,21-22H2,1-3H3. The van der Waals surface area contributed by atoms with Gasteiger partial charge in [-0.25, -0.2) is 8.42 Å². The molecule has 14 heteroatoms. The van der Waals surface area contributed by atoms with Crippen LogP contribution in [0.1, 0.15) is 62.8 Å². The molecule has 1 amide bonds. The minimum Gasteiger partial charge on any atom is -0.340 e. The number of carbonyl (C=O) groups excluding carboxylic acids is 1. The van der Waals surface area contributed by atoms with E-state index in [9.17, 15) is 26.4 Å². The van der Waals surface area contributed by atoms with Crippen LogP contribution in [0.3, 0.4) is 0 Å². The quantitative estimate of drug-likeness (QED) is 0.242. The van der Waals surface area contributed by atoms with E-state index in [0.717, 1.165) is 75.7 Å². The molecule has 0 bridgehead atoms. The van der Waals surface area contributed by atoms with Crippen molar-refractivity contribution in [2.75, 3.05) is 57.8 Å². The number of alkyl halides is 3. The van der Waals surface area contributed by atoms with Crippen LogP contribution >= 0.6 is 11.8 Å². The van der Waals surface area contributed by atoms with E-state index in [-0.39, 0.29) is 17.3 Å². The molecule has 9 nitrogen and oxygen atoms in total. The molecule has 1 aromatic heterocycles. The molecule has 5 rings (SSSR count). The maximum absolute atomic E-state index is 14.0. The summed E-state index contributed by atoms with van der Waals surface area (Å²) in [5.41, 5.74) is 2.16. The van der Waals surface area contributed by atoms with Gasteiger partial charge in [0.2, 0.25) is 15.9 Å². The summed E-state index contributed by atoms with van der Waals surface area (Å²) in [7, 11) is -3.46. The van der Waals surface area contributed by atoms with Crippen LogP contribution in [-0.4, -0.2) is 102 Å². The van der Waals surface area contributed by atoms with Crippen LogP contribution in [0.4, 0.5) is 13.2 Å². The monoisotopic (exact) mass is 684 g/mol. The zero-order chi connectivity index (χ0) is 33.1. The number of aromatic nitrogens is 2. The molecule has 0 saturated carbocycles. The molecule has 2 fully saturated rings. The fraction of sp³-hybridized carbons (Fsp3) is 0.688. The molecule has 2 saturated heterocycles.